The molecule has 0 aliphatic carbocycles. The highest BCUT2D eigenvalue weighted by Gasteiger charge is 2.33. The number of hydrogen-bond donors (Lipinski definition) is 0. The average molecular weight is 364 g/mol. The van der Waals surface area contributed by atoms with Crippen molar-refractivity contribution in [2.24, 2.45) is 5.10 Å². The van der Waals surface area contributed by atoms with Crippen LogP contribution in [-0.4, -0.2) is 21.8 Å². The number of benzene rings is 1. The summed E-state index contributed by atoms with van der Waals surface area (Å²) in [6.07, 6.45) is 2.51. The van der Waals surface area contributed by atoms with Crippen LogP contribution in [-0.2, 0) is 9.53 Å². The highest BCUT2D eigenvalue weighted by Crippen LogP contribution is 2.30. The van der Waals surface area contributed by atoms with Crippen LogP contribution < -0.4 is 0 Å². The third kappa shape index (κ3) is 2.85. The molecular weight excluding hydrogens is 353 g/mol. The van der Waals surface area contributed by atoms with E-state index in [9.17, 15) is 9.18 Å². The Hall–Kier alpha value is -2.28. The molecule has 0 radical (unpaired) electrons. The van der Waals surface area contributed by atoms with Crippen LogP contribution in [0.1, 0.15) is 24.3 Å². The molecule has 1 aliphatic heterocycles. The van der Waals surface area contributed by atoms with Gasteiger partial charge in [0.15, 0.2) is 0 Å². The fraction of sp³-hybridized carbons (Fsp3) is 0.133. The Bertz CT molecular complexity index is 749. The Balaban J connectivity index is 1.94. The van der Waals surface area contributed by atoms with E-state index in [-0.39, 0.29) is 11.7 Å². The molecule has 0 spiro atoms. The third-order valence-electron chi connectivity index (χ3n) is 3.07. The minimum atomic E-state index is -0.716. The zero-order chi connectivity index (χ0) is 15.7. The van der Waals surface area contributed by atoms with E-state index in [1.165, 1.54) is 24.1 Å². The Morgan fingerprint density at radius 3 is 2.68 bits per heavy atom. The monoisotopic (exact) mass is 363 g/mol. The topological polar surface area (TPSA) is 54.8 Å². The van der Waals surface area contributed by atoms with Crippen LogP contribution in [0, 0.1) is 5.82 Å². The lowest BCUT2D eigenvalue weighted by molar-refractivity contribution is -0.135. The largest absolute Gasteiger partial charge is 0.446 e. The van der Waals surface area contributed by atoms with E-state index in [0.29, 0.717) is 17.0 Å². The van der Waals surface area contributed by atoms with Crippen molar-refractivity contribution in [3.8, 4) is 0 Å². The van der Waals surface area contributed by atoms with E-state index >= 15 is 0 Å². The molecule has 1 aromatic heterocycles. The molecule has 7 heteroatoms. The van der Waals surface area contributed by atoms with Crippen LogP contribution in [0.25, 0.3) is 0 Å². The number of halogens is 2. The highest BCUT2D eigenvalue weighted by atomic mass is 79.9. The smallest absolute Gasteiger partial charge is 0.243 e. The number of amides is 1. The fourth-order valence-corrected chi connectivity index (χ4v) is 2.42. The van der Waals surface area contributed by atoms with Gasteiger partial charge in [-0.15, -0.1) is 5.10 Å². The molecule has 0 N–H and O–H groups in total. The average Bonchev–Trinajstić information content (AvgIpc) is 2.93. The molecule has 1 amide bonds. The van der Waals surface area contributed by atoms with Gasteiger partial charge in [0.25, 0.3) is 0 Å². The van der Waals surface area contributed by atoms with Crippen LogP contribution in [0.5, 0.6) is 0 Å². The summed E-state index contributed by atoms with van der Waals surface area (Å²) in [5.41, 5.74) is 1.28. The van der Waals surface area contributed by atoms with E-state index in [1.54, 1.807) is 30.6 Å². The summed E-state index contributed by atoms with van der Waals surface area (Å²) < 4.78 is 19.6. The summed E-state index contributed by atoms with van der Waals surface area (Å²) in [5.74, 6) is -0.334. The molecule has 0 saturated heterocycles. The molecule has 0 fully saturated rings. The zero-order valence-electron chi connectivity index (χ0n) is 11.5. The van der Waals surface area contributed by atoms with Gasteiger partial charge < -0.3 is 4.74 Å². The molecule has 3 rings (SSSR count). The number of aromatic nitrogens is 1. The summed E-state index contributed by atoms with van der Waals surface area (Å²) in [7, 11) is 0. The minimum absolute atomic E-state index is 0.271. The van der Waals surface area contributed by atoms with E-state index in [0.717, 1.165) is 4.47 Å². The predicted octanol–water partition coefficient (Wildman–Crippen LogP) is 3.22. The lowest BCUT2D eigenvalue weighted by Gasteiger charge is -2.19. The standard InChI is InChI=1S/C15H11BrFN3O2/c1-9(21)20-15(10-2-4-13(17)5-3-10)22-14(19-20)11-6-12(16)8-18-7-11/h2-8,15H,1H3/t15-/m0/s1. The van der Waals surface area contributed by atoms with Crippen LogP contribution in [0.15, 0.2) is 52.3 Å². The van der Waals surface area contributed by atoms with Gasteiger partial charge in [-0.25, -0.2) is 4.39 Å². The quantitative estimate of drug-likeness (QED) is 0.822. The summed E-state index contributed by atoms with van der Waals surface area (Å²) in [6.45, 7) is 1.39. The van der Waals surface area contributed by atoms with Crippen molar-refractivity contribution >= 4 is 27.7 Å². The van der Waals surface area contributed by atoms with Crippen LogP contribution >= 0.6 is 15.9 Å². The van der Waals surface area contributed by atoms with Gasteiger partial charge in [0.05, 0.1) is 5.56 Å². The highest BCUT2D eigenvalue weighted by molar-refractivity contribution is 9.10. The molecule has 2 aromatic rings. The van der Waals surface area contributed by atoms with Gasteiger partial charge >= 0.3 is 0 Å². The van der Waals surface area contributed by atoms with Crippen molar-refractivity contribution in [1.29, 1.82) is 0 Å². The first-order valence-corrected chi connectivity index (χ1v) is 7.25. The number of pyridine rings is 1. The van der Waals surface area contributed by atoms with Crippen molar-refractivity contribution < 1.29 is 13.9 Å². The third-order valence-corrected chi connectivity index (χ3v) is 3.51. The fourth-order valence-electron chi connectivity index (χ4n) is 2.06. The maximum Gasteiger partial charge on any atom is 0.243 e. The second-order valence-corrected chi connectivity index (χ2v) is 5.60. The second-order valence-electron chi connectivity index (χ2n) is 4.68. The number of nitrogens with zero attached hydrogens (tertiary/aromatic N) is 3. The molecule has 0 saturated carbocycles. The molecule has 1 aromatic carbocycles. The zero-order valence-corrected chi connectivity index (χ0v) is 13.1. The molecule has 2 heterocycles. The number of hydrogen-bond acceptors (Lipinski definition) is 4. The Kier molecular flexibility index (Phi) is 3.89. The summed E-state index contributed by atoms with van der Waals surface area (Å²) in [4.78, 5) is 15.8. The van der Waals surface area contributed by atoms with E-state index in [1.807, 2.05) is 0 Å². The van der Waals surface area contributed by atoms with E-state index in [4.69, 9.17) is 4.74 Å². The molecule has 0 bridgehead atoms. The molecule has 0 unspecified atom stereocenters. The lowest BCUT2D eigenvalue weighted by Crippen LogP contribution is -2.25. The van der Waals surface area contributed by atoms with Crippen LogP contribution in [0.2, 0.25) is 0 Å². The van der Waals surface area contributed by atoms with Gasteiger partial charge in [-0.2, -0.15) is 5.01 Å². The Labute approximate surface area is 134 Å². The molecule has 1 aliphatic rings. The number of carbonyl (C=O) groups excluding carboxylic acids is 1. The molecular formula is C15H11BrFN3O2. The maximum atomic E-state index is 13.1. The number of hydrazone groups is 1. The Morgan fingerprint density at radius 1 is 1.32 bits per heavy atom. The van der Waals surface area contributed by atoms with E-state index in [2.05, 4.69) is 26.0 Å². The minimum Gasteiger partial charge on any atom is -0.446 e. The molecule has 1 atom stereocenters. The van der Waals surface area contributed by atoms with Gasteiger partial charge in [-0.05, 0) is 34.1 Å². The van der Waals surface area contributed by atoms with Crippen molar-refractivity contribution in [2.75, 3.05) is 0 Å². The van der Waals surface area contributed by atoms with Crippen LogP contribution in [0.3, 0.4) is 0 Å². The first-order chi connectivity index (χ1) is 10.5. The second kappa shape index (κ2) is 5.84. The number of rotatable bonds is 2. The molecule has 112 valence electrons. The van der Waals surface area contributed by atoms with Gasteiger partial charge in [-0.3, -0.25) is 9.78 Å². The maximum absolute atomic E-state index is 13.1. The first-order valence-electron chi connectivity index (χ1n) is 6.46. The van der Waals surface area contributed by atoms with E-state index < -0.39 is 6.23 Å². The first kappa shape index (κ1) is 14.6. The van der Waals surface area contributed by atoms with Crippen molar-refractivity contribution in [1.82, 2.24) is 9.99 Å². The summed E-state index contributed by atoms with van der Waals surface area (Å²) in [5, 5.41) is 5.43. The SMILES string of the molecule is CC(=O)N1N=C(c2cncc(Br)c2)O[C@H]1c1ccc(F)cc1. The normalized spacial score (nSPS) is 17.1. The lowest BCUT2D eigenvalue weighted by atomic mass is 10.2. The molecule has 5 nitrogen and oxygen atoms in total. The van der Waals surface area contributed by atoms with Crippen molar-refractivity contribution in [3.63, 3.8) is 0 Å². The predicted molar refractivity (Wildman–Crippen MR) is 81.2 cm³/mol. The van der Waals surface area contributed by atoms with Crippen molar-refractivity contribution in [3.05, 3.63) is 64.1 Å². The number of ether oxygens (including phenoxy) is 1. The number of carbonyl (C=O) groups is 1. The summed E-state index contributed by atoms with van der Waals surface area (Å²) in [6, 6.07) is 7.55. The van der Waals surface area contributed by atoms with Crippen molar-refractivity contribution in [2.45, 2.75) is 13.2 Å². The molecule has 22 heavy (non-hydrogen) atoms. The van der Waals surface area contributed by atoms with Gasteiger partial charge in [0, 0.05) is 29.4 Å². The van der Waals surface area contributed by atoms with Crippen LogP contribution in [0.4, 0.5) is 4.39 Å². The summed E-state index contributed by atoms with van der Waals surface area (Å²) >= 11 is 3.33. The van der Waals surface area contributed by atoms with Gasteiger partial charge in [0.1, 0.15) is 5.82 Å². The van der Waals surface area contributed by atoms with Gasteiger partial charge in [-0.1, -0.05) is 12.1 Å². The van der Waals surface area contributed by atoms with Gasteiger partial charge in [0.2, 0.25) is 18.0 Å². The Morgan fingerprint density at radius 2 is 2.05 bits per heavy atom.